The van der Waals surface area contributed by atoms with E-state index in [1.165, 1.54) is 0 Å². The van der Waals surface area contributed by atoms with Crippen LogP contribution in [-0.4, -0.2) is 18.0 Å². The number of hydrogen-bond donors (Lipinski definition) is 2. The molecule has 3 N–H and O–H groups in total. The number of amides is 1. The van der Waals surface area contributed by atoms with Gasteiger partial charge in [-0.1, -0.05) is 26.0 Å². The second-order valence-corrected chi connectivity index (χ2v) is 4.26. The van der Waals surface area contributed by atoms with E-state index in [9.17, 15) is 4.79 Å². The third-order valence-corrected chi connectivity index (χ3v) is 2.64. The van der Waals surface area contributed by atoms with E-state index in [0.717, 1.165) is 19.3 Å². The molecular formula is C11H20N2O. The summed E-state index contributed by atoms with van der Waals surface area (Å²) in [5.41, 5.74) is 5.75. The van der Waals surface area contributed by atoms with Gasteiger partial charge in [0.15, 0.2) is 0 Å². The fourth-order valence-electron chi connectivity index (χ4n) is 1.52. The van der Waals surface area contributed by atoms with Crippen LogP contribution in [0.2, 0.25) is 0 Å². The van der Waals surface area contributed by atoms with Crippen LogP contribution in [0.5, 0.6) is 0 Å². The minimum Gasteiger partial charge on any atom is -0.352 e. The largest absolute Gasteiger partial charge is 0.352 e. The first-order valence-electron chi connectivity index (χ1n) is 5.32. The van der Waals surface area contributed by atoms with Gasteiger partial charge in [-0.15, -0.1) is 0 Å². The number of allylic oxidation sites excluding steroid dienone is 1. The Hall–Kier alpha value is -0.830. The fourth-order valence-corrected chi connectivity index (χ4v) is 1.52. The second-order valence-electron chi connectivity index (χ2n) is 4.26. The van der Waals surface area contributed by atoms with Crippen LogP contribution >= 0.6 is 0 Å². The van der Waals surface area contributed by atoms with E-state index in [1.54, 1.807) is 0 Å². The summed E-state index contributed by atoms with van der Waals surface area (Å²) in [7, 11) is 0. The molecule has 3 nitrogen and oxygen atoms in total. The molecule has 3 heteroatoms. The molecule has 0 saturated carbocycles. The quantitative estimate of drug-likeness (QED) is 0.666. The molecule has 2 atom stereocenters. The van der Waals surface area contributed by atoms with Gasteiger partial charge >= 0.3 is 0 Å². The first-order chi connectivity index (χ1) is 6.61. The first kappa shape index (κ1) is 11.2. The van der Waals surface area contributed by atoms with Crippen molar-refractivity contribution in [2.24, 2.45) is 11.7 Å². The highest BCUT2D eigenvalue weighted by Gasteiger charge is 2.20. The lowest BCUT2D eigenvalue weighted by Crippen LogP contribution is -2.47. The summed E-state index contributed by atoms with van der Waals surface area (Å²) in [4.78, 5) is 11.6. The van der Waals surface area contributed by atoms with Gasteiger partial charge in [0.05, 0.1) is 6.04 Å². The van der Waals surface area contributed by atoms with Crippen molar-refractivity contribution in [3.05, 3.63) is 12.2 Å². The summed E-state index contributed by atoms with van der Waals surface area (Å²) in [6, 6.07) is -0.0850. The number of rotatable bonds is 3. The van der Waals surface area contributed by atoms with Crippen molar-refractivity contribution in [1.29, 1.82) is 0 Å². The third kappa shape index (κ3) is 3.14. The Balaban J connectivity index is 2.36. The average molecular weight is 196 g/mol. The molecule has 0 spiro atoms. The Morgan fingerprint density at radius 2 is 2.21 bits per heavy atom. The van der Waals surface area contributed by atoms with Gasteiger partial charge < -0.3 is 11.1 Å². The molecule has 14 heavy (non-hydrogen) atoms. The van der Waals surface area contributed by atoms with Crippen LogP contribution in [0.3, 0.4) is 0 Å². The van der Waals surface area contributed by atoms with Gasteiger partial charge in [-0.2, -0.15) is 0 Å². The highest BCUT2D eigenvalue weighted by molar-refractivity contribution is 5.82. The predicted molar refractivity (Wildman–Crippen MR) is 57.7 cm³/mol. The van der Waals surface area contributed by atoms with E-state index in [4.69, 9.17) is 5.73 Å². The molecule has 0 bridgehead atoms. The Labute approximate surface area is 85.7 Å². The standard InChI is InChI=1S/C11H20N2O/c1-8(2)10(12)11(14)13-9-6-4-3-5-7-9/h3-4,8-10H,5-7,12H2,1-2H3,(H,13,14)/t9?,10-/m0/s1. The summed E-state index contributed by atoms with van der Waals surface area (Å²) in [5, 5.41) is 2.98. The molecule has 0 fully saturated rings. The molecular weight excluding hydrogens is 176 g/mol. The summed E-state index contributed by atoms with van der Waals surface area (Å²) in [6.07, 6.45) is 7.31. The monoisotopic (exact) mass is 196 g/mol. The number of carbonyl (C=O) groups excluding carboxylic acids is 1. The predicted octanol–water partition coefficient (Wildman–Crippen LogP) is 1.19. The third-order valence-electron chi connectivity index (χ3n) is 2.64. The molecule has 0 aliphatic heterocycles. The van der Waals surface area contributed by atoms with Crippen LogP contribution in [0.25, 0.3) is 0 Å². The minimum atomic E-state index is -0.374. The average Bonchev–Trinajstić information content (AvgIpc) is 2.18. The Morgan fingerprint density at radius 3 is 2.71 bits per heavy atom. The molecule has 1 rings (SSSR count). The maximum absolute atomic E-state index is 11.6. The van der Waals surface area contributed by atoms with Crippen LogP contribution in [0.15, 0.2) is 12.2 Å². The van der Waals surface area contributed by atoms with E-state index in [0.29, 0.717) is 0 Å². The summed E-state index contributed by atoms with van der Waals surface area (Å²) < 4.78 is 0. The molecule has 1 aliphatic rings. The van der Waals surface area contributed by atoms with Crippen LogP contribution in [0.1, 0.15) is 33.1 Å². The normalized spacial score (nSPS) is 23.6. The second kappa shape index (κ2) is 5.15. The highest BCUT2D eigenvalue weighted by atomic mass is 16.2. The van der Waals surface area contributed by atoms with Crippen molar-refractivity contribution in [1.82, 2.24) is 5.32 Å². The molecule has 0 saturated heterocycles. The van der Waals surface area contributed by atoms with Crippen molar-refractivity contribution in [3.63, 3.8) is 0 Å². The minimum absolute atomic E-state index is 0.0136. The fraction of sp³-hybridized carbons (Fsp3) is 0.727. The van der Waals surface area contributed by atoms with Crippen molar-refractivity contribution >= 4 is 5.91 Å². The molecule has 1 unspecified atom stereocenters. The lowest BCUT2D eigenvalue weighted by molar-refractivity contribution is -0.124. The van der Waals surface area contributed by atoms with Gasteiger partial charge in [0.25, 0.3) is 0 Å². The van der Waals surface area contributed by atoms with Gasteiger partial charge in [-0.05, 0) is 25.2 Å². The van der Waals surface area contributed by atoms with E-state index in [1.807, 2.05) is 13.8 Å². The van der Waals surface area contributed by atoms with Crippen LogP contribution in [0.4, 0.5) is 0 Å². The Bertz CT molecular complexity index is 223. The van der Waals surface area contributed by atoms with E-state index < -0.39 is 0 Å². The molecule has 0 radical (unpaired) electrons. The molecule has 1 aliphatic carbocycles. The Kier molecular flexibility index (Phi) is 4.14. The zero-order chi connectivity index (χ0) is 10.6. The van der Waals surface area contributed by atoms with Gasteiger partial charge in [-0.3, -0.25) is 4.79 Å². The SMILES string of the molecule is CC(C)[C@H](N)C(=O)NC1CC=CCC1. The number of nitrogens with two attached hydrogens (primary N) is 1. The maximum atomic E-state index is 11.6. The molecule has 0 aromatic heterocycles. The van der Waals surface area contributed by atoms with Gasteiger partial charge in [0, 0.05) is 6.04 Å². The maximum Gasteiger partial charge on any atom is 0.237 e. The van der Waals surface area contributed by atoms with Gasteiger partial charge in [0.2, 0.25) is 5.91 Å². The van der Waals surface area contributed by atoms with Crippen LogP contribution < -0.4 is 11.1 Å². The first-order valence-corrected chi connectivity index (χ1v) is 5.32. The van der Waals surface area contributed by atoms with Crippen molar-refractivity contribution in [2.45, 2.75) is 45.2 Å². The highest BCUT2D eigenvalue weighted by Crippen LogP contribution is 2.11. The Morgan fingerprint density at radius 1 is 1.50 bits per heavy atom. The van der Waals surface area contributed by atoms with Crippen molar-refractivity contribution < 1.29 is 4.79 Å². The summed E-state index contributed by atoms with van der Waals surface area (Å²) in [5.74, 6) is 0.189. The molecule has 0 heterocycles. The topological polar surface area (TPSA) is 55.1 Å². The summed E-state index contributed by atoms with van der Waals surface area (Å²) in [6.45, 7) is 3.93. The number of hydrogen-bond acceptors (Lipinski definition) is 2. The molecule has 0 aromatic carbocycles. The van der Waals surface area contributed by atoms with Crippen molar-refractivity contribution in [3.8, 4) is 0 Å². The zero-order valence-electron chi connectivity index (χ0n) is 8.99. The van der Waals surface area contributed by atoms with Crippen molar-refractivity contribution in [2.75, 3.05) is 0 Å². The lowest BCUT2D eigenvalue weighted by atomic mass is 10.00. The van der Waals surface area contributed by atoms with Gasteiger partial charge in [0.1, 0.15) is 0 Å². The van der Waals surface area contributed by atoms with E-state index in [2.05, 4.69) is 17.5 Å². The van der Waals surface area contributed by atoms with E-state index in [-0.39, 0.29) is 23.9 Å². The number of carbonyl (C=O) groups is 1. The van der Waals surface area contributed by atoms with E-state index >= 15 is 0 Å². The smallest absolute Gasteiger partial charge is 0.237 e. The molecule has 1 amide bonds. The summed E-state index contributed by atoms with van der Waals surface area (Å²) >= 11 is 0. The van der Waals surface area contributed by atoms with Crippen LogP contribution in [-0.2, 0) is 4.79 Å². The number of nitrogens with one attached hydrogen (secondary N) is 1. The molecule has 0 aromatic rings. The van der Waals surface area contributed by atoms with Crippen LogP contribution in [0, 0.1) is 5.92 Å². The zero-order valence-corrected chi connectivity index (χ0v) is 8.99. The van der Waals surface area contributed by atoms with Gasteiger partial charge in [-0.25, -0.2) is 0 Å². The lowest BCUT2D eigenvalue weighted by Gasteiger charge is -2.23. The molecule has 80 valence electrons.